The zero-order valence-corrected chi connectivity index (χ0v) is 13.8. The van der Waals surface area contributed by atoms with Gasteiger partial charge in [-0.3, -0.25) is 4.79 Å². The van der Waals surface area contributed by atoms with Crippen molar-refractivity contribution in [3.63, 3.8) is 0 Å². The van der Waals surface area contributed by atoms with E-state index in [0.717, 1.165) is 5.56 Å². The minimum absolute atomic E-state index is 0.0843. The average Bonchev–Trinajstić information content (AvgIpc) is 3.23. The SMILES string of the molecule is O=C(CCc1nc(-c2ccccc2)no1)Nc1ccc2c(c1)OC(F)(F)O2. The number of ether oxygens (including phenoxy) is 2. The lowest BCUT2D eigenvalue weighted by Gasteiger charge is -2.05. The van der Waals surface area contributed by atoms with Gasteiger partial charge in [0.15, 0.2) is 11.5 Å². The minimum atomic E-state index is -3.70. The third-order valence-electron chi connectivity index (χ3n) is 3.75. The molecule has 0 saturated carbocycles. The van der Waals surface area contributed by atoms with Crippen LogP contribution in [-0.2, 0) is 11.2 Å². The third kappa shape index (κ3) is 3.86. The number of aromatic nitrogens is 2. The van der Waals surface area contributed by atoms with Crippen LogP contribution < -0.4 is 14.8 Å². The van der Waals surface area contributed by atoms with Gasteiger partial charge in [0.1, 0.15) is 0 Å². The molecule has 0 unspecified atom stereocenters. The molecule has 9 heteroatoms. The molecule has 0 bridgehead atoms. The maximum atomic E-state index is 13.0. The van der Waals surface area contributed by atoms with Gasteiger partial charge in [0.2, 0.25) is 17.6 Å². The second kappa shape index (κ2) is 6.67. The summed E-state index contributed by atoms with van der Waals surface area (Å²) in [5.74, 6) is 0.219. The van der Waals surface area contributed by atoms with Crippen molar-refractivity contribution in [1.29, 1.82) is 0 Å². The normalized spacial score (nSPS) is 14.1. The highest BCUT2D eigenvalue weighted by molar-refractivity contribution is 5.91. The quantitative estimate of drug-likeness (QED) is 0.735. The molecule has 0 saturated heterocycles. The van der Waals surface area contributed by atoms with Crippen LogP contribution in [-0.4, -0.2) is 22.3 Å². The molecule has 1 aliphatic heterocycles. The Morgan fingerprint density at radius 2 is 1.85 bits per heavy atom. The van der Waals surface area contributed by atoms with Gasteiger partial charge in [0, 0.05) is 30.2 Å². The number of alkyl halides is 2. The highest BCUT2D eigenvalue weighted by Crippen LogP contribution is 2.42. The predicted octanol–water partition coefficient (Wildman–Crippen LogP) is 3.63. The van der Waals surface area contributed by atoms with Crippen LogP contribution >= 0.6 is 0 Å². The van der Waals surface area contributed by atoms with Gasteiger partial charge in [-0.05, 0) is 12.1 Å². The summed E-state index contributed by atoms with van der Waals surface area (Å²) in [4.78, 5) is 16.3. The molecule has 3 aromatic rings. The molecule has 27 heavy (non-hydrogen) atoms. The first-order valence-corrected chi connectivity index (χ1v) is 8.06. The number of aryl methyl sites for hydroxylation is 1. The third-order valence-corrected chi connectivity index (χ3v) is 3.75. The maximum absolute atomic E-state index is 13.0. The first kappa shape index (κ1) is 17.0. The van der Waals surface area contributed by atoms with Gasteiger partial charge in [-0.2, -0.15) is 4.98 Å². The largest absolute Gasteiger partial charge is 0.586 e. The summed E-state index contributed by atoms with van der Waals surface area (Å²) in [6.07, 6.45) is -3.37. The van der Waals surface area contributed by atoms with Crippen LogP contribution in [0.15, 0.2) is 53.1 Å². The van der Waals surface area contributed by atoms with Crippen molar-refractivity contribution >= 4 is 11.6 Å². The fraction of sp³-hybridized carbons (Fsp3) is 0.167. The first-order valence-electron chi connectivity index (χ1n) is 8.06. The van der Waals surface area contributed by atoms with Gasteiger partial charge in [-0.25, -0.2) is 0 Å². The lowest BCUT2D eigenvalue weighted by molar-refractivity contribution is -0.286. The fourth-order valence-corrected chi connectivity index (χ4v) is 2.53. The van der Waals surface area contributed by atoms with E-state index in [2.05, 4.69) is 24.9 Å². The van der Waals surface area contributed by atoms with E-state index >= 15 is 0 Å². The fourth-order valence-electron chi connectivity index (χ4n) is 2.53. The molecule has 1 N–H and O–H groups in total. The molecule has 0 spiro atoms. The maximum Gasteiger partial charge on any atom is 0.586 e. The number of carbonyl (C=O) groups is 1. The van der Waals surface area contributed by atoms with E-state index in [4.69, 9.17) is 4.52 Å². The number of anilines is 1. The molecular formula is C18H13F2N3O4. The van der Waals surface area contributed by atoms with Crippen molar-refractivity contribution in [2.75, 3.05) is 5.32 Å². The van der Waals surface area contributed by atoms with E-state index in [9.17, 15) is 13.6 Å². The van der Waals surface area contributed by atoms with E-state index < -0.39 is 6.29 Å². The summed E-state index contributed by atoms with van der Waals surface area (Å²) in [7, 11) is 0. The Morgan fingerprint density at radius 3 is 2.67 bits per heavy atom. The molecule has 1 aliphatic rings. The van der Waals surface area contributed by atoms with E-state index in [-0.39, 0.29) is 30.2 Å². The molecule has 2 heterocycles. The van der Waals surface area contributed by atoms with Gasteiger partial charge in [-0.1, -0.05) is 35.5 Å². The second-order valence-corrected chi connectivity index (χ2v) is 5.75. The second-order valence-electron chi connectivity index (χ2n) is 5.75. The number of rotatable bonds is 5. The lowest BCUT2D eigenvalue weighted by atomic mass is 10.2. The van der Waals surface area contributed by atoms with Gasteiger partial charge in [0.05, 0.1) is 0 Å². The molecule has 7 nitrogen and oxygen atoms in total. The van der Waals surface area contributed by atoms with Gasteiger partial charge >= 0.3 is 6.29 Å². The monoisotopic (exact) mass is 373 g/mol. The molecule has 1 aromatic heterocycles. The Labute approximate surface area is 151 Å². The van der Waals surface area contributed by atoms with Crippen molar-refractivity contribution in [3.8, 4) is 22.9 Å². The minimum Gasteiger partial charge on any atom is -0.395 e. The summed E-state index contributed by atoms with van der Waals surface area (Å²) < 4.78 is 39.8. The molecule has 0 radical (unpaired) electrons. The van der Waals surface area contributed by atoms with Crippen molar-refractivity contribution in [2.45, 2.75) is 19.1 Å². The smallest absolute Gasteiger partial charge is 0.395 e. The summed E-state index contributed by atoms with van der Waals surface area (Å²) in [5, 5.41) is 6.48. The number of halogens is 2. The number of benzene rings is 2. The van der Waals surface area contributed by atoms with Crippen LogP contribution in [0.3, 0.4) is 0 Å². The zero-order chi connectivity index (χ0) is 18.9. The Balaban J connectivity index is 1.34. The van der Waals surface area contributed by atoms with E-state index in [1.807, 2.05) is 30.3 Å². The Kier molecular flexibility index (Phi) is 4.19. The highest BCUT2D eigenvalue weighted by atomic mass is 19.3. The van der Waals surface area contributed by atoms with Crippen LogP contribution in [0, 0.1) is 0 Å². The number of carbonyl (C=O) groups excluding carboxylic acids is 1. The molecule has 0 atom stereocenters. The highest BCUT2D eigenvalue weighted by Gasteiger charge is 2.43. The molecular weight excluding hydrogens is 360 g/mol. The number of hydrogen-bond acceptors (Lipinski definition) is 6. The molecule has 138 valence electrons. The van der Waals surface area contributed by atoms with Crippen molar-refractivity contribution in [1.82, 2.24) is 10.1 Å². The van der Waals surface area contributed by atoms with E-state index in [1.54, 1.807) is 0 Å². The van der Waals surface area contributed by atoms with Crippen LogP contribution in [0.1, 0.15) is 12.3 Å². The standard InChI is InChI=1S/C18H13F2N3O4/c19-18(20)25-13-7-6-12(10-14(13)26-18)21-15(24)8-9-16-22-17(23-27-16)11-4-2-1-3-5-11/h1-7,10H,8-9H2,(H,21,24). The van der Waals surface area contributed by atoms with Crippen molar-refractivity contribution in [3.05, 3.63) is 54.4 Å². The molecule has 4 rings (SSSR count). The van der Waals surface area contributed by atoms with Gasteiger partial charge < -0.3 is 19.3 Å². The van der Waals surface area contributed by atoms with E-state index in [1.165, 1.54) is 18.2 Å². The predicted molar refractivity (Wildman–Crippen MR) is 89.3 cm³/mol. The number of amides is 1. The van der Waals surface area contributed by atoms with Crippen LogP contribution in [0.4, 0.5) is 14.5 Å². The van der Waals surface area contributed by atoms with Gasteiger partial charge in [-0.15, -0.1) is 8.78 Å². The summed E-state index contributed by atoms with van der Waals surface area (Å²) in [5.41, 5.74) is 1.13. The van der Waals surface area contributed by atoms with E-state index in [0.29, 0.717) is 17.4 Å². The van der Waals surface area contributed by atoms with Crippen molar-refractivity contribution in [2.24, 2.45) is 0 Å². The van der Waals surface area contributed by atoms with Crippen LogP contribution in [0.25, 0.3) is 11.4 Å². The summed E-state index contributed by atoms with van der Waals surface area (Å²) >= 11 is 0. The first-order chi connectivity index (χ1) is 13.0. The number of nitrogens with zero attached hydrogens (tertiary/aromatic N) is 2. The van der Waals surface area contributed by atoms with Gasteiger partial charge in [0.25, 0.3) is 0 Å². The Bertz CT molecular complexity index is 976. The summed E-state index contributed by atoms with van der Waals surface area (Å²) in [6, 6.07) is 13.3. The number of nitrogens with one attached hydrogen (secondary N) is 1. The van der Waals surface area contributed by atoms with Crippen LogP contribution in [0.5, 0.6) is 11.5 Å². The van der Waals surface area contributed by atoms with Crippen molar-refractivity contribution < 1.29 is 27.6 Å². The average molecular weight is 373 g/mol. The summed E-state index contributed by atoms with van der Waals surface area (Å²) in [6.45, 7) is 0. The topological polar surface area (TPSA) is 86.5 Å². The number of fused-ring (bicyclic) bond motifs is 1. The molecule has 2 aromatic carbocycles. The molecule has 0 fully saturated rings. The molecule has 1 amide bonds. The van der Waals surface area contributed by atoms with Crippen LogP contribution in [0.2, 0.25) is 0 Å². The zero-order valence-electron chi connectivity index (χ0n) is 13.8. The number of hydrogen-bond donors (Lipinski definition) is 1. The lowest BCUT2D eigenvalue weighted by Crippen LogP contribution is -2.25. The molecule has 0 aliphatic carbocycles. The Morgan fingerprint density at radius 1 is 1.07 bits per heavy atom. The Hall–Kier alpha value is -3.49.